The van der Waals surface area contributed by atoms with Crippen molar-refractivity contribution in [2.75, 3.05) is 24.3 Å². The van der Waals surface area contributed by atoms with Gasteiger partial charge in [0.15, 0.2) is 0 Å². The van der Waals surface area contributed by atoms with E-state index in [0.29, 0.717) is 29.9 Å². The predicted molar refractivity (Wildman–Crippen MR) is 127 cm³/mol. The number of nitrogens with zero attached hydrogens (tertiary/aromatic N) is 3. The Morgan fingerprint density at radius 1 is 1.06 bits per heavy atom. The van der Waals surface area contributed by atoms with Crippen molar-refractivity contribution in [3.63, 3.8) is 0 Å². The van der Waals surface area contributed by atoms with Gasteiger partial charge in [0, 0.05) is 62.0 Å². The van der Waals surface area contributed by atoms with Crippen LogP contribution in [0.3, 0.4) is 0 Å². The largest absolute Gasteiger partial charge is 0.382 e. The predicted octanol–water partition coefficient (Wildman–Crippen LogP) is 3.21. The third-order valence-corrected chi connectivity index (χ3v) is 5.28. The third kappa shape index (κ3) is 5.54. The molecule has 0 spiro atoms. The maximum atomic E-state index is 12.5. The number of aromatic nitrogens is 1. The maximum Gasteiger partial charge on any atom is 0.268 e. The first-order chi connectivity index (χ1) is 16.0. The molecule has 2 aromatic carbocycles. The number of oxime groups is 1. The molecule has 0 aliphatic carbocycles. The lowest BCUT2D eigenvalue weighted by atomic mass is 10.1. The van der Waals surface area contributed by atoms with Gasteiger partial charge in [-0.2, -0.15) is 0 Å². The van der Waals surface area contributed by atoms with Crippen molar-refractivity contribution in [3.8, 4) is 0 Å². The van der Waals surface area contributed by atoms with Crippen molar-refractivity contribution in [2.24, 2.45) is 5.16 Å². The average Bonchev–Trinajstić information content (AvgIpc) is 3.34. The Hall–Kier alpha value is -4.20. The Balaban J connectivity index is 1.27. The molecule has 0 saturated carbocycles. The molecule has 2 heterocycles. The second-order valence-corrected chi connectivity index (χ2v) is 7.89. The molecule has 168 valence electrons. The minimum Gasteiger partial charge on any atom is -0.382 e. The van der Waals surface area contributed by atoms with E-state index >= 15 is 0 Å². The zero-order valence-electron chi connectivity index (χ0n) is 18.5. The Bertz CT molecular complexity index is 1140. The molecule has 1 aliphatic heterocycles. The summed E-state index contributed by atoms with van der Waals surface area (Å²) < 4.78 is 0. The summed E-state index contributed by atoms with van der Waals surface area (Å²) in [6, 6.07) is 18.4. The third-order valence-electron chi connectivity index (χ3n) is 5.28. The first kappa shape index (κ1) is 22.0. The second-order valence-electron chi connectivity index (χ2n) is 7.89. The van der Waals surface area contributed by atoms with E-state index in [9.17, 15) is 9.59 Å². The monoisotopic (exact) mass is 443 g/mol. The van der Waals surface area contributed by atoms with Crippen molar-refractivity contribution < 1.29 is 14.4 Å². The van der Waals surface area contributed by atoms with Gasteiger partial charge in [0.1, 0.15) is 0 Å². The molecule has 1 aliphatic rings. The van der Waals surface area contributed by atoms with Gasteiger partial charge in [-0.25, -0.2) is 0 Å². The summed E-state index contributed by atoms with van der Waals surface area (Å²) in [4.78, 5) is 36.4. The molecule has 2 N–H and O–H groups in total. The fraction of sp³-hybridized carbons (Fsp3) is 0.200. The number of carbonyl (C=O) groups excluding carboxylic acids is 2. The number of nitrogens with one attached hydrogen (secondary N) is 2. The molecule has 2 amide bonds. The Labute approximate surface area is 192 Å². The number of benzene rings is 2. The van der Waals surface area contributed by atoms with Crippen LogP contribution in [-0.2, 0) is 16.2 Å². The molecular formula is C25H25N5O3. The lowest BCUT2D eigenvalue weighted by Crippen LogP contribution is -2.28. The minimum absolute atomic E-state index is 0.182. The van der Waals surface area contributed by atoms with Crippen molar-refractivity contribution in [1.82, 2.24) is 10.3 Å². The van der Waals surface area contributed by atoms with E-state index in [4.69, 9.17) is 4.84 Å². The number of hydrogen-bond acceptors (Lipinski definition) is 6. The molecule has 0 fully saturated rings. The quantitative estimate of drug-likeness (QED) is 0.585. The highest BCUT2D eigenvalue weighted by Gasteiger charge is 2.29. The van der Waals surface area contributed by atoms with Gasteiger partial charge in [0.25, 0.3) is 11.8 Å². The highest BCUT2D eigenvalue weighted by atomic mass is 16.6. The molecule has 1 unspecified atom stereocenters. The van der Waals surface area contributed by atoms with Crippen LogP contribution < -0.4 is 15.5 Å². The van der Waals surface area contributed by atoms with Crippen LogP contribution in [0.4, 0.5) is 11.4 Å². The number of hydrogen-bond donors (Lipinski definition) is 2. The standard InChI is InChI=1S/C25H25N5O3/c1-30(2)21-11-5-17(6-12-21)15-27-24(31)18-7-9-20(10-8-18)28-25(32)23-14-22(29-33-23)19-4-3-13-26-16-19/h3-13,16,23H,14-15H2,1-2H3,(H,27,31)(H,28,32). The zero-order chi connectivity index (χ0) is 23.2. The lowest BCUT2D eigenvalue weighted by Gasteiger charge is -2.13. The number of anilines is 2. The molecule has 1 atom stereocenters. The van der Waals surface area contributed by atoms with E-state index in [2.05, 4.69) is 20.8 Å². The smallest absolute Gasteiger partial charge is 0.268 e. The molecule has 3 aromatic rings. The van der Waals surface area contributed by atoms with Crippen LogP contribution in [0.1, 0.15) is 27.9 Å². The summed E-state index contributed by atoms with van der Waals surface area (Å²) in [7, 11) is 3.97. The van der Waals surface area contributed by atoms with Crippen LogP contribution in [0, 0.1) is 0 Å². The Morgan fingerprint density at radius 3 is 2.48 bits per heavy atom. The summed E-state index contributed by atoms with van der Waals surface area (Å²) in [6.45, 7) is 0.434. The van der Waals surface area contributed by atoms with E-state index < -0.39 is 6.10 Å². The van der Waals surface area contributed by atoms with E-state index in [-0.39, 0.29) is 11.8 Å². The van der Waals surface area contributed by atoms with Crippen LogP contribution in [0.2, 0.25) is 0 Å². The van der Waals surface area contributed by atoms with Crippen molar-refractivity contribution in [1.29, 1.82) is 0 Å². The fourth-order valence-electron chi connectivity index (χ4n) is 3.35. The summed E-state index contributed by atoms with van der Waals surface area (Å²) in [6.07, 6.45) is 3.02. The van der Waals surface area contributed by atoms with E-state index in [1.54, 1.807) is 36.7 Å². The van der Waals surface area contributed by atoms with Gasteiger partial charge in [-0.15, -0.1) is 0 Å². The lowest BCUT2D eigenvalue weighted by molar-refractivity contribution is -0.125. The number of pyridine rings is 1. The highest BCUT2D eigenvalue weighted by molar-refractivity contribution is 6.06. The van der Waals surface area contributed by atoms with Gasteiger partial charge in [-0.3, -0.25) is 14.6 Å². The van der Waals surface area contributed by atoms with Gasteiger partial charge in [-0.1, -0.05) is 17.3 Å². The SMILES string of the molecule is CN(C)c1ccc(CNC(=O)c2ccc(NC(=O)C3CC(c4cccnc4)=NO3)cc2)cc1. The van der Waals surface area contributed by atoms with E-state index in [0.717, 1.165) is 16.8 Å². The maximum absolute atomic E-state index is 12.5. The number of carbonyl (C=O) groups is 2. The Kier molecular flexibility index (Phi) is 6.64. The van der Waals surface area contributed by atoms with Crippen LogP contribution >= 0.6 is 0 Å². The van der Waals surface area contributed by atoms with E-state index in [1.807, 2.05) is 55.4 Å². The molecule has 8 nitrogen and oxygen atoms in total. The van der Waals surface area contributed by atoms with Crippen molar-refractivity contribution in [2.45, 2.75) is 19.1 Å². The van der Waals surface area contributed by atoms with Crippen LogP contribution in [0.25, 0.3) is 0 Å². The molecule has 33 heavy (non-hydrogen) atoms. The van der Waals surface area contributed by atoms with Gasteiger partial charge in [-0.05, 0) is 54.1 Å². The zero-order valence-corrected chi connectivity index (χ0v) is 18.5. The Morgan fingerprint density at radius 2 is 1.82 bits per heavy atom. The van der Waals surface area contributed by atoms with Crippen molar-refractivity contribution in [3.05, 3.63) is 89.7 Å². The summed E-state index contributed by atoms with van der Waals surface area (Å²) in [5.41, 5.74) is 4.72. The molecule has 0 saturated heterocycles. The molecule has 4 rings (SSSR count). The van der Waals surface area contributed by atoms with Gasteiger partial charge in [0.2, 0.25) is 6.10 Å². The summed E-state index contributed by atoms with van der Waals surface area (Å²) in [5.74, 6) is -0.478. The topological polar surface area (TPSA) is 95.9 Å². The molecule has 0 bridgehead atoms. The molecule has 8 heteroatoms. The van der Waals surface area contributed by atoms with Gasteiger partial charge in [0.05, 0.1) is 5.71 Å². The van der Waals surface area contributed by atoms with E-state index in [1.165, 1.54) is 0 Å². The highest BCUT2D eigenvalue weighted by Crippen LogP contribution is 2.18. The molecule has 1 aromatic heterocycles. The summed E-state index contributed by atoms with van der Waals surface area (Å²) in [5, 5.41) is 9.72. The first-order valence-electron chi connectivity index (χ1n) is 10.6. The van der Waals surface area contributed by atoms with Gasteiger partial charge >= 0.3 is 0 Å². The minimum atomic E-state index is -0.706. The fourth-order valence-corrected chi connectivity index (χ4v) is 3.35. The van der Waals surface area contributed by atoms with Crippen LogP contribution in [0.15, 0.2) is 78.2 Å². The molecule has 0 radical (unpaired) electrons. The number of rotatable bonds is 7. The average molecular weight is 444 g/mol. The normalized spacial score (nSPS) is 14.7. The summed E-state index contributed by atoms with van der Waals surface area (Å²) >= 11 is 0. The van der Waals surface area contributed by atoms with Crippen molar-refractivity contribution >= 4 is 28.9 Å². The van der Waals surface area contributed by atoms with Crippen LogP contribution in [0.5, 0.6) is 0 Å². The number of amides is 2. The van der Waals surface area contributed by atoms with Crippen LogP contribution in [-0.4, -0.2) is 42.7 Å². The second kappa shape index (κ2) is 9.95. The van der Waals surface area contributed by atoms with Gasteiger partial charge < -0.3 is 20.4 Å². The first-order valence-corrected chi connectivity index (χ1v) is 10.6. The molecular weight excluding hydrogens is 418 g/mol.